The van der Waals surface area contributed by atoms with Crippen molar-refractivity contribution < 1.29 is 14.3 Å². The Morgan fingerprint density at radius 1 is 1.06 bits per heavy atom. The van der Waals surface area contributed by atoms with Gasteiger partial charge in [0.05, 0.1) is 28.1 Å². The number of ketones is 1. The Labute approximate surface area is 191 Å². The van der Waals surface area contributed by atoms with E-state index in [0.29, 0.717) is 39.7 Å². The maximum atomic E-state index is 13.2. The highest BCUT2D eigenvalue weighted by Gasteiger charge is 2.44. The molecule has 2 atom stereocenters. The summed E-state index contributed by atoms with van der Waals surface area (Å²) in [6, 6.07) is 15.1. The van der Waals surface area contributed by atoms with Crippen molar-refractivity contribution in [2.75, 3.05) is 6.61 Å². The Balaban J connectivity index is 1.68. The Hall–Kier alpha value is -2.43. The number of carbonyl (C=O) groups is 2. The number of rotatable bonds is 5. The van der Waals surface area contributed by atoms with Gasteiger partial charge in [0.1, 0.15) is 5.78 Å². The highest BCUT2D eigenvalue weighted by Crippen LogP contribution is 2.46. The Morgan fingerprint density at radius 2 is 1.84 bits per heavy atom. The molecule has 1 aliphatic heterocycles. The molecule has 0 bridgehead atoms. The van der Waals surface area contributed by atoms with E-state index in [-0.39, 0.29) is 12.4 Å². The Kier molecular flexibility index (Phi) is 6.59. The van der Waals surface area contributed by atoms with Gasteiger partial charge in [-0.1, -0.05) is 65.7 Å². The van der Waals surface area contributed by atoms with Crippen LogP contribution >= 0.6 is 23.2 Å². The largest absolute Gasteiger partial charge is 0.462 e. The highest BCUT2D eigenvalue weighted by atomic mass is 35.5. The van der Waals surface area contributed by atoms with E-state index in [0.717, 1.165) is 24.1 Å². The number of aliphatic imine (C=N–C) groups is 1. The van der Waals surface area contributed by atoms with Gasteiger partial charge in [0.2, 0.25) is 0 Å². The first-order chi connectivity index (χ1) is 15.0. The van der Waals surface area contributed by atoms with Gasteiger partial charge in [-0.05, 0) is 37.0 Å². The molecule has 2 aromatic carbocycles. The fraction of sp³-hybridized carbons (Fsp3) is 0.320. The minimum atomic E-state index is -0.546. The van der Waals surface area contributed by atoms with Crippen LogP contribution < -0.4 is 0 Å². The Morgan fingerprint density at radius 3 is 2.61 bits per heavy atom. The molecule has 4 nitrogen and oxygen atoms in total. The van der Waals surface area contributed by atoms with E-state index >= 15 is 0 Å². The first kappa shape index (κ1) is 21.8. The molecule has 2 aromatic rings. The van der Waals surface area contributed by atoms with E-state index in [9.17, 15) is 9.59 Å². The van der Waals surface area contributed by atoms with Crippen LogP contribution in [0.5, 0.6) is 0 Å². The standard InChI is InChI=1S/C25H23Cl2NO3/c1-15-21(25(30)31-14-13-16-7-3-2-4-8-16)22(17-9-5-10-18(26)24(17)27)23-19(28-15)11-6-12-20(23)29/h2-5,7-10,22-23H,6,11-14H2,1H3. The molecule has 2 aliphatic rings. The number of nitrogens with zero attached hydrogens (tertiary/aromatic N) is 1. The van der Waals surface area contributed by atoms with Crippen molar-refractivity contribution in [2.45, 2.75) is 38.5 Å². The average molecular weight is 456 g/mol. The second-order valence-corrected chi connectivity index (χ2v) is 8.68. The smallest absolute Gasteiger partial charge is 0.336 e. The summed E-state index contributed by atoms with van der Waals surface area (Å²) in [5.74, 6) is -1.44. The SMILES string of the molecule is CC1=C(C(=O)OCCc2ccccc2)C(c2cccc(Cl)c2Cl)C2C(=O)CCCC2=N1. The molecule has 1 fully saturated rings. The molecule has 6 heteroatoms. The quantitative estimate of drug-likeness (QED) is 0.522. The number of hydrogen-bond donors (Lipinski definition) is 0. The molecule has 0 saturated heterocycles. The number of Topliss-reactive ketones (excluding diaryl/α,β-unsaturated/α-hetero) is 1. The molecule has 4 rings (SSSR count). The van der Waals surface area contributed by atoms with Crippen LogP contribution in [-0.4, -0.2) is 24.1 Å². The van der Waals surface area contributed by atoms with Crippen molar-refractivity contribution in [2.24, 2.45) is 10.9 Å². The lowest BCUT2D eigenvalue weighted by Gasteiger charge is -2.36. The summed E-state index contributed by atoms with van der Waals surface area (Å²) in [6.45, 7) is 2.03. The zero-order chi connectivity index (χ0) is 22.0. The van der Waals surface area contributed by atoms with E-state index in [1.807, 2.05) is 36.4 Å². The van der Waals surface area contributed by atoms with Crippen molar-refractivity contribution in [3.8, 4) is 0 Å². The van der Waals surface area contributed by atoms with Crippen LogP contribution in [0, 0.1) is 5.92 Å². The maximum absolute atomic E-state index is 13.2. The van der Waals surface area contributed by atoms with Gasteiger partial charge in [0.15, 0.2) is 0 Å². The summed E-state index contributed by atoms with van der Waals surface area (Å²) < 4.78 is 5.64. The number of halogens is 2. The fourth-order valence-corrected chi connectivity index (χ4v) is 4.89. The highest BCUT2D eigenvalue weighted by molar-refractivity contribution is 6.42. The second kappa shape index (κ2) is 9.37. The van der Waals surface area contributed by atoms with Crippen LogP contribution in [0.25, 0.3) is 0 Å². The van der Waals surface area contributed by atoms with Gasteiger partial charge >= 0.3 is 5.97 Å². The summed E-state index contributed by atoms with van der Waals surface area (Å²) in [5.41, 5.74) is 3.53. The molecule has 0 spiro atoms. The van der Waals surface area contributed by atoms with E-state index < -0.39 is 17.8 Å². The molecular formula is C25H23Cl2NO3. The number of fused-ring (bicyclic) bond motifs is 1. The van der Waals surface area contributed by atoms with Crippen molar-refractivity contribution in [3.63, 3.8) is 0 Å². The summed E-state index contributed by atoms with van der Waals surface area (Å²) in [4.78, 5) is 30.8. The molecule has 0 N–H and O–H groups in total. The fourth-order valence-electron chi connectivity index (χ4n) is 4.47. The van der Waals surface area contributed by atoms with Gasteiger partial charge in [-0.3, -0.25) is 9.79 Å². The van der Waals surface area contributed by atoms with Crippen molar-refractivity contribution in [3.05, 3.63) is 81.0 Å². The van der Waals surface area contributed by atoms with E-state index in [1.165, 1.54) is 0 Å². The Bertz CT molecular complexity index is 1080. The molecule has 2 unspecified atom stereocenters. The second-order valence-electron chi connectivity index (χ2n) is 7.89. The van der Waals surface area contributed by atoms with Gasteiger partial charge in [0, 0.05) is 30.2 Å². The molecule has 31 heavy (non-hydrogen) atoms. The predicted molar refractivity (Wildman–Crippen MR) is 123 cm³/mol. The third kappa shape index (κ3) is 4.46. The van der Waals surface area contributed by atoms with Crippen LogP contribution in [0.4, 0.5) is 0 Å². The summed E-state index contributed by atoms with van der Waals surface area (Å²) in [5, 5.41) is 0.747. The van der Waals surface area contributed by atoms with E-state index in [4.69, 9.17) is 27.9 Å². The van der Waals surface area contributed by atoms with Crippen molar-refractivity contribution in [1.29, 1.82) is 0 Å². The summed E-state index contributed by atoms with van der Waals surface area (Å²) in [6.07, 6.45) is 2.58. The number of ether oxygens (including phenoxy) is 1. The lowest BCUT2D eigenvalue weighted by Crippen LogP contribution is -2.39. The van der Waals surface area contributed by atoms with Gasteiger partial charge in [0.25, 0.3) is 0 Å². The van der Waals surface area contributed by atoms with Gasteiger partial charge < -0.3 is 4.74 Å². The van der Waals surface area contributed by atoms with Gasteiger partial charge in [-0.25, -0.2) is 4.79 Å². The van der Waals surface area contributed by atoms with E-state index in [2.05, 4.69) is 4.99 Å². The van der Waals surface area contributed by atoms with Crippen molar-refractivity contribution >= 4 is 40.7 Å². The number of esters is 1. The maximum Gasteiger partial charge on any atom is 0.336 e. The van der Waals surface area contributed by atoms with Crippen LogP contribution in [0.15, 0.2) is 64.8 Å². The normalized spacial score (nSPS) is 20.9. The summed E-state index contributed by atoms with van der Waals surface area (Å²) in [7, 11) is 0. The number of carbonyl (C=O) groups excluding carboxylic acids is 2. The molecule has 0 radical (unpaired) electrons. The molecule has 160 valence electrons. The van der Waals surface area contributed by atoms with Gasteiger partial charge in [-0.2, -0.15) is 0 Å². The summed E-state index contributed by atoms with van der Waals surface area (Å²) >= 11 is 12.8. The lowest BCUT2D eigenvalue weighted by atomic mass is 9.69. The number of hydrogen-bond acceptors (Lipinski definition) is 4. The van der Waals surface area contributed by atoms with Crippen LogP contribution in [0.2, 0.25) is 10.0 Å². The van der Waals surface area contributed by atoms with E-state index in [1.54, 1.807) is 19.1 Å². The van der Waals surface area contributed by atoms with Crippen molar-refractivity contribution in [1.82, 2.24) is 0 Å². The topological polar surface area (TPSA) is 55.7 Å². The molecular weight excluding hydrogens is 433 g/mol. The monoisotopic (exact) mass is 455 g/mol. The average Bonchev–Trinajstić information content (AvgIpc) is 2.75. The van der Waals surface area contributed by atoms with Crippen LogP contribution in [0.3, 0.4) is 0 Å². The molecule has 0 aromatic heterocycles. The van der Waals surface area contributed by atoms with Gasteiger partial charge in [-0.15, -0.1) is 0 Å². The first-order valence-electron chi connectivity index (χ1n) is 10.4. The van der Waals surface area contributed by atoms with Crippen LogP contribution in [-0.2, 0) is 20.7 Å². The lowest BCUT2D eigenvalue weighted by molar-refractivity contribution is -0.139. The minimum Gasteiger partial charge on any atom is -0.462 e. The number of allylic oxidation sites excluding steroid dienone is 1. The molecule has 0 amide bonds. The third-order valence-electron chi connectivity index (χ3n) is 5.91. The first-order valence-corrected chi connectivity index (χ1v) is 11.2. The third-order valence-corrected chi connectivity index (χ3v) is 6.74. The minimum absolute atomic E-state index is 0.0770. The zero-order valence-electron chi connectivity index (χ0n) is 17.2. The molecule has 1 saturated carbocycles. The predicted octanol–water partition coefficient (Wildman–Crippen LogP) is 5.96. The molecule has 1 aliphatic carbocycles. The number of benzene rings is 2. The van der Waals surface area contributed by atoms with Crippen LogP contribution in [0.1, 0.15) is 43.2 Å². The zero-order valence-corrected chi connectivity index (χ0v) is 18.7. The molecule has 1 heterocycles.